The lowest BCUT2D eigenvalue weighted by molar-refractivity contribution is 0.315. The summed E-state index contributed by atoms with van der Waals surface area (Å²) in [5, 5.41) is 0. The van der Waals surface area contributed by atoms with E-state index in [0.717, 1.165) is 29.2 Å². The van der Waals surface area contributed by atoms with E-state index in [2.05, 4.69) is 49.8 Å². The van der Waals surface area contributed by atoms with Crippen molar-refractivity contribution in [3.8, 4) is 0 Å². The van der Waals surface area contributed by atoms with Gasteiger partial charge < -0.3 is 9.80 Å². The van der Waals surface area contributed by atoms with E-state index in [1.54, 1.807) is 0 Å². The third kappa shape index (κ3) is 2.35. The van der Waals surface area contributed by atoms with E-state index in [9.17, 15) is 0 Å². The van der Waals surface area contributed by atoms with Crippen LogP contribution in [0.5, 0.6) is 0 Å². The number of likely N-dealkylation sites (N-methyl/N-ethyl adjacent to an activating group) is 1. The van der Waals surface area contributed by atoms with Crippen LogP contribution < -0.4 is 4.90 Å². The predicted molar refractivity (Wildman–Crippen MR) is 68.8 cm³/mol. The molecule has 1 aliphatic heterocycles. The van der Waals surface area contributed by atoms with E-state index in [4.69, 9.17) is 0 Å². The van der Waals surface area contributed by atoms with Crippen molar-refractivity contribution in [3.63, 3.8) is 0 Å². The number of nitrogens with zero attached hydrogens (tertiary/aromatic N) is 4. The van der Waals surface area contributed by atoms with Gasteiger partial charge >= 0.3 is 0 Å². The normalized spacial score (nSPS) is 20.8. The number of hydrogen-bond donors (Lipinski definition) is 0. The molecule has 1 aliphatic rings. The highest BCUT2D eigenvalue weighted by molar-refractivity contribution is 9.10. The van der Waals surface area contributed by atoms with Gasteiger partial charge in [0.05, 0.1) is 10.2 Å². The summed E-state index contributed by atoms with van der Waals surface area (Å²) in [5.41, 5.74) is 0.998. The van der Waals surface area contributed by atoms with Crippen LogP contribution in [-0.4, -0.2) is 48.1 Å². The first kappa shape index (κ1) is 11.8. The molecule has 0 saturated carbocycles. The van der Waals surface area contributed by atoms with Crippen LogP contribution in [-0.2, 0) is 0 Å². The Morgan fingerprint density at radius 1 is 1.50 bits per heavy atom. The highest BCUT2D eigenvalue weighted by atomic mass is 79.9. The van der Waals surface area contributed by atoms with Gasteiger partial charge in [0.1, 0.15) is 0 Å². The van der Waals surface area contributed by atoms with E-state index >= 15 is 0 Å². The van der Waals surface area contributed by atoms with Crippen LogP contribution >= 0.6 is 15.9 Å². The Bertz CT molecular complexity index is 380. The topological polar surface area (TPSA) is 32.3 Å². The molecule has 16 heavy (non-hydrogen) atoms. The summed E-state index contributed by atoms with van der Waals surface area (Å²) < 4.78 is 0.972. The Kier molecular flexibility index (Phi) is 3.44. The lowest BCUT2D eigenvalue weighted by atomic mass is 10.2. The number of hydrogen-bond acceptors (Lipinski definition) is 4. The fourth-order valence-electron chi connectivity index (χ4n) is 1.94. The SMILES string of the molecule is Cc1nc(N2CCC(N(C)C)C2)ncc1Br. The summed E-state index contributed by atoms with van der Waals surface area (Å²) in [6.45, 7) is 4.06. The lowest BCUT2D eigenvalue weighted by Crippen LogP contribution is -2.32. The fraction of sp³-hybridized carbons (Fsp3) is 0.636. The second-order valence-corrected chi connectivity index (χ2v) is 5.31. The molecule has 0 amide bonds. The van der Waals surface area contributed by atoms with Gasteiger partial charge in [0.25, 0.3) is 0 Å². The Balaban J connectivity index is 2.11. The number of aryl methyl sites for hydroxylation is 1. The lowest BCUT2D eigenvalue weighted by Gasteiger charge is -2.20. The van der Waals surface area contributed by atoms with Crippen molar-refractivity contribution >= 4 is 21.9 Å². The molecule has 0 N–H and O–H groups in total. The minimum absolute atomic E-state index is 0.618. The molecule has 2 rings (SSSR count). The zero-order valence-corrected chi connectivity index (χ0v) is 11.5. The van der Waals surface area contributed by atoms with Crippen molar-refractivity contribution in [3.05, 3.63) is 16.4 Å². The molecule has 2 heterocycles. The van der Waals surface area contributed by atoms with E-state index in [-0.39, 0.29) is 0 Å². The van der Waals surface area contributed by atoms with Gasteiger partial charge in [-0.05, 0) is 43.4 Å². The second-order valence-electron chi connectivity index (χ2n) is 4.46. The summed E-state index contributed by atoms with van der Waals surface area (Å²) in [6.07, 6.45) is 3.02. The Hall–Kier alpha value is -0.680. The van der Waals surface area contributed by atoms with E-state index in [1.807, 2.05) is 13.1 Å². The zero-order valence-electron chi connectivity index (χ0n) is 9.94. The van der Waals surface area contributed by atoms with Crippen LogP contribution in [0.4, 0.5) is 5.95 Å². The molecule has 4 nitrogen and oxygen atoms in total. The first-order valence-corrected chi connectivity index (χ1v) is 6.27. The molecule has 0 radical (unpaired) electrons. The fourth-order valence-corrected chi connectivity index (χ4v) is 2.13. The molecular formula is C11H17BrN4. The van der Waals surface area contributed by atoms with Crippen LogP contribution in [0.15, 0.2) is 10.7 Å². The first-order chi connectivity index (χ1) is 7.58. The second kappa shape index (κ2) is 4.67. The van der Waals surface area contributed by atoms with Crippen molar-refractivity contribution in [2.24, 2.45) is 0 Å². The molecule has 88 valence electrons. The zero-order chi connectivity index (χ0) is 11.7. The van der Waals surface area contributed by atoms with Gasteiger partial charge in [-0.15, -0.1) is 0 Å². The summed E-state index contributed by atoms with van der Waals surface area (Å²) in [7, 11) is 4.25. The quantitative estimate of drug-likeness (QED) is 0.827. The summed E-state index contributed by atoms with van der Waals surface area (Å²) in [4.78, 5) is 13.4. The van der Waals surface area contributed by atoms with E-state index in [0.29, 0.717) is 6.04 Å². The number of halogens is 1. The largest absolute Gasteiger partial charge is 0.339 e. The van der Waals surface area contributed by atoms with Crippen LogP contribution in [0.1, 0.15) is 12.1 Å². The summed E-state index contributed by atoms with van der Waals surface area (Å²) >= 11 is 3.42. The maximum Gasteiger partial charge on any atom is 0.225 e. The molecule has 0 aliphatic carbocycles. The van der Waals surface area contributed by atoms with Gasteiger partial charge in [0, 0.05) is 25.3 Å². The minimum Gasteiger partial charge on any atom is -0.339 e. The predicted octanol–water partition coefficient (Wildman–Crippen LogP) is 1.69. The highest BCUT2D eigenvalue weighted by Gasteiger charge is 2.25. The van der Waals surface area contributed by atoms with E-state index < -0.39 is 0 Å². The van der Waals surface area contributed by atoms with Gasteiger partial charge in [0.15, 0.2) is 0 Å². The average molecular weight is 285 g/mol. The van der Waals surface area contributed by atoms with Crippen molar-refractivity contribution in [1.82, 2.24) is 14.9 Å². The minimum atomic E-state index is 0.618. The van der Waals surface area contributed by atoms with Crippen molar-refractivity contribution < 1.29 is 0 Å². The van der Waals surface area contributed by atoms with Gasteiger partial charge in [-0.3, -0.25) is 0 Å². The monoisotopic (exact) mass is 284 g/mol. The van der Waals surface area contributed by atoms with Crippen molar-refractivity contribution in [2.75, 3.05) is 32.1 Å². The van der Waals surface area contributed by atoms with Gasteiger partial charge in [-0.1, -0.05) is 0 Å². The molecular weight excluding hydrogens is 268 g/mol. The Morgan fingerprint density at radius 3 is 2.81 bits per heavy atom. The first-order valence-electron chi connectivity index (χ1n) is 5.48. The summed E-state index contributed by atoms with van der Waals surface area (Å²) in [5.74, 6) is 0.852. The Morgan fingerprint density at radius 2 is 2.25 bits per heavy atom. The van der Waals surface area contributed by atoms with Crippen LogP contribution in [0.2, 0.25) is 0 Å². The van der Waals surface area contributed by atoms with Gasteiger partial charge in [0.2, 0.25) is 5.95 Å². The Labute approximate surface area is 105 Å². The van der Waals surface area contributed by atoms with Crippen LogP contribution in [0, 0.1) is 6.92 Å². The molecule has 1 saturated heterocycles. The third-order valence-corrected chi connectivity index (χ3v) is 3.86. The molecule has 1 unspecified atom stereocenters. The maximum absolute atomic E-state index is 4.50. The van der Waals surface area contributed by atoms with Crippen LogP contribution in [0.25, 0.3) is 0 Å². The molecule has 0 aromatic carbocycles. The van der Waals surface area contributed by atoms with Crippen molar-refractivity contribution in [2.45, 2.75) is 19.4 Å². The van der Waals surface area contributed by atoms with Gasteiger partial charge in [-0.25, -0.2) is 9.97 Å². The van der Waals surface area contributed by atoms with Gasteiger partial charge in [-0.2, -0.15) is 0 Å². The smallest absolute Gasteiger partial charge is 0.225 e. The maximum atomic E-state index is 4.50. The van der Waals surface area contributed by atoms with Crippen LogP contribution in [0.3, 0.4) is 0 Å². The molecule has 0 bridgehead atoms. The van der Waals surface area contributed by atoms with E-state index in [1.165, 1.54) is 6.42 Å². The molecule has 1 fully saturated rings. The highest BCUT2D eigenvalue weighted by Crippen LogP contribution is 2.21. The number of anilines is 1. The molecule has 5 heteroatoms. The molecule has 1 aromatic rings. The standard InChI is InChI=1S/C11H17BrN4/c1-8-10(12)6-13-11(14-8)16-5-4-9(7-16)15(2)3/h6,9H,4-5,7H2,1-3H3. The summed E-state index contributed by atoms with van der Waals surface area (Å²) in [6, 6.07) is 0.618. The average Bonchev–Trinajstić information content (AvgIpc) is 2.71. The van der Waals surface area contributed by atoms with Crippen molar-refractivity contribution in [1.29, 1.82) is 0 Å². The molecule has 1 atom stereocenters. The number of aromatic nitrogens is 2. The third-order valence-electron chi connectivity index (χ3n) is 3.08. The molecule has 1 aromatic heterocycles. The number of rotatable bonds is 2. The molecule has 0 spiro atoms.